The number of aliphatic hydroxyl groups is 1. The third kappa shape index (κ3) is 7.77. The van der Waals surface area contributed by atoms with Crippen molar-refractivity contribution in [3.63, 3.8) is 0 Å². The average molecular weight is 602 g/mol. The number of anilines is 1. The molecule has 0 bridgehead atoms. The predicted octanol–water partition coefficient (Wildman–Crippen LogP) is 5.20. The lowest BCUT2D eigenvalue weighted by Gasteiger charge is -2.38. The molecule has 3 atom stereocenters. The Hall–Kier alpha value is -3.92. The number of nitrogens with zero attached hydrogens (tertiary/aromatic N) is 2. The van der Waals surface area contributed by atoms with Gasteiger partial charge in [-0.25, -0.2) is 0 Å². The number of amides is 2. The van der Waals surface area contributed by atoms with E-state index in [1.807, 2.05) is 56.4 Å². The molecule has 1 fully saturated rings. The van der Waals surface area contributed by atoms with Crippen LogP contribution in [0.4, 0.5) is 5.69 Å². The molecular formula is C35H43N3O6. The summed E-state index contributed by atoms with van der Waals surface area (Å²) in [4.78, 5) is 30.9. The van der Waals surface area contributed by atoms with Crippen molar-refractivity contribution < 1.29 is 28.9 Å². The molecule has 44 heavy (non-hydrogen) atoms. The first-order valence-corrected chi connectivity index (χ1v) is 15.4. The second kappa shape index (κ2) is 14.7. The summed E-state index contributed by atoms with van der Waals surface area (Å²) in [6.07, 6.45) is 1.03. The lowest BCUT2D eigenvalue weighted by atomic mass is 9.98. The van der Waals surface area contributed by atoms with Crippen LogP contribution in [0.25, 0.3) is 0 Å². The molecule has 2 heterocycles. The number of benzene rings is 3. The smallest absolute Gasteiger partial charge is 0.258 e. The van der Waals surface area contributed by atoms with Crippen molar-refractivity contribution in [3.05, 3.63) is 83.9 Å². The molecule has 0 unspecified atom stereocenters. The zero-order valence-corrected chi connectivity index (χ0v) is 25.8. The summed E-state index contributed by atoms with van der Waals surface area (Å²) >= 11 is 0. The van der Waals surface area contributed by atoms with E-state index >= 15 is 0 Å². The molecule has 2 amide bonds. The zero-order valence-electron chi connectivity index (χ0n) is 25.8. The van der Waals surface area contributed by atoms with E-state index in [0.717, 1.165) is 17.1 Å². The summed E-state index contributed by atoms with van der Waals surface area (Å²) in [7, 11) is 2.04. The molecular weight excluding hydrogens is 558 g/mol. The minimum Gasteiger partial charge on any atom is -0.486 e. The Kier molecular flexibility index (Phi) is 10.5. The van der Waals surface area contributed by atoms with Crippen LogP contribution in [-0.2, 0) is 16.1 Å². The number of nitrogens with one attached hydrogen (secondary N) is 1. The topological polar surface area (TPSA) is 101 Å². The fourth-order valence-electron chi connectivity index (χ4n) is 5.73. The molecule has 0 aliphatic carbocycles. The maximum Gasteiger partial charge on any atom is 0.258 e. The highest BCUT2D eigenvalue weighted by atomic mass is 16.5. The largest absolute Gasteiger partial charge is 0.486 e. The molecule has 3 aromatic rings. The summed E-state index contributed by atoms with van der Waals surface area (Å²) < 4.78 is 18.1. The maximum atomic E-state index is 13.8. The van der Waals surface area contributed by atoms with Gasteiger partial charge in [-0.15, -0.1) is 0 Å². The minimum atomic E-state index is -0.369. The van der Waals surface area contributed by atoms with Gasteiger partial charge in [-0.3, -0.25) is 14.5 Å². The zero-order chi connectivity index (χ0) is 31.1. The van der Waals surface area contributed by atoms with E-state index in [4.69, 9.17) is 14.2 Å². The number of carbonyl (C=O) groups excluding carboxylic acids is 2. The van der Waals surface area contributed by atoms with Crippen molar-refractivity contribution in [1.29, 1.82) is 0 Å². The second-order valence-electron chi connectivity index (χ2n) is 11.9. The lowest BCUT2D eigenvalue weighted by molar-refractivity contribution is -0.122. The third-order valence-electron chi connectivity index (χ3n) is 8.39. The molecule has 9 nitrogen and oxygen atoms in total. The number of fused-ring (bicyclic) bond motifs is 1. The van der Waals surface area contributed by atoms with Gasteiger partial charge in [-0.2, -0.15) is 0 Å². The Bertz CT molecular complexity index is 1390. The predicted molar refractivity (Wildman–Crippen MR) is 169 cm³/mol. The first kappa shape index (κ1) is 31.5. The van der Waals surface area contributed by atoms with E-state index in [-0.39, 0.29) is 42.4 Å². The molecule has 1 saturated heterocycles. The van der Waals surface area contributed by atoms with Gasteiger partial charge in [0.05, 0.1) is 23.9 Å². The van der Waals surface area contributed by atoms with Crippen molar-refractivity contribution >= 4 is 17.5 Å². The lowest BCUT2D eigenvalue weighted by Crippen LogP contribution is -2.49. The van der Waals surface area contributed by atoms with Gasteiger partial charge in [0.25, 0.3) is 5.91 Å². The second-order valence-corrected chi connectivity index (χ2v) is 11.9. The van der Waals surface area contributed by atoms with Crippen molar-refractivity contribution in [1.82, 2.24) is 9.80 Å². The van der Waals surface area contributed by atoms with Crippen molar-refractivity contribution in [2.24, 2.45) is 11.8 Å². The van der Waals surface area contributed by atoms with E-state index < -0.39 is 0 Å². The van der Waals surface area contributed by atoms with Crippen LogP contribution in [0.1, 0.15) is 42.6 Å². The molecule has 3 aromatic carbocycles. The summed E-state index contributed by atoms with van der Waals surface area (Å²) in [5, 5.41) is 13.0. The summed E-state index contributed by atoms with van der Waals surface area (Å²) in [6, 6.07) is 22.6. The first-order valence-electron chi connectivity index (χ1n) is 15.4. The number of carbonyl (C=O) groups is 2. The van der Waals surface area contributed by atoms with Crippen molar-refractivity contribution in [2.75, 3.05) is 45.3 Å². The molecule has 0 spiro atoms. The number of likely N-dealkylation sites (N-methyl/N-ethyl adjacent to an activating group) is 1. The van der Waals surface area contributed by atoms with Crippen LogP contribution >= 0.6 is 0 Å². The molecule has 9 heteroatoms. The monoisotopic (exact) mass is 601 g/mol. The van der Waals surface area contributed by atoms with E-state index in [0.29, 0.717) is 62.7 Å². The van der Waals surface area contributed by atoms with Gasteiger partial charge < -0.3 is 29.5 Å². The Labute approximate surface area is 259 Å². The molecule has 234 valence electrons. The highest BCUT2D eigenvalue weighted by molar-refractivity contribution is 6.02. The Balaban J connectivity index is 1.34. The normalized spacial score (nSPS) is 19.8. The van der Waals surface area contributed by atoms with Crippen LogP contribution in [0, 0.1) is 11.8 Å². The number of ether oxygens (including phenoxy) is 3. The van der Waals surface area contributed by atoms with Gasteiger partial charge in [0.15, 0.2) is 5.75 Å². The molecule has 2 aliphatic rings. The van der Waals surface area contributed by atoms with Gasteiger partial charge in [-0.05, 0) is 68.8 Å². The SMILES string of the molecule is C[C@H]1CN([C@@H](C)CO)C(=O)c2cccc(NC(=O)C3CCOCC3)c2O[C@@H]1CN(C)Cc1ccc(Oc2ccccc2)cc1. The number of aliphatic hydroxyl groups excluding tert-OH is 1. The molecule has 0 radical (unpaired) electrons. The van der Waals surface area contributed by atoms with Gasteiger partial charge in [0.2, 0.25) is 5.91 Å². The fourth-order valence-corrected chi connectivity index (χ4v) is 5.73. The summed E-state index contributed by atoms with van der Waals surface area (Å²) in [6.45, 7) is 6.57. The van der Waals surface area contributed by atoms with Gasteiger partial charge >= 0.3 is 0 Å². The molecule has 0 aromatic heterocycles. The Morgan fingerprint density at radius 3 is 2.45 bits per heavy atom. The Morgan fingerprint density at radius 2 is 1.75 bits per heavy atom. The average Bonchev–Trinajstić information content (AvgIpc) is 3.04. The maximum absolute atomic E-state index is 13.8. The van der Waals surface area contributed by atoms with E-state index in [2.05, 4.69) is 29.3 Å². The quantitative estimate of drug-likeness (QED) is 0.330. The van der Waals surface area contributed by atoms with Crippen LogP contribution in [0.2, 0.25) is 0 Å². The van der Waals surface area contributed by atoms with Crippen molar-refractivity contribution in [3.8, 4) is 17.2 Å². The first-order chi connectivity index (χ1) is 21.3. The summed E-state index contributed by atoms with van der Waals surface area (Å²) in [5.74, 6) is 1.42. The fraction of sp³-hybridized carbons (Fsp3) is 0.429. The number of hydrogen-bond donors (Lipinski definition) is 2. The van der Waals surface area contributed by atoms with E-state index in [9.17, 15) is 14.7 Å². The number of para-hydroxylation sites is 2. The molecule has 0 saturated carbocycles. The van der Waals surface area contributed by atoms with Gasteiger partial charge in [0, 0.05) is 44.7 Å². The highest BCUT2D eigenvalue weighted by Crippen LogP contribution is 2.35. The molecule has 5 rings (SSSR count). The van der Waals surface area contributed by atoms with E-state index in [1.54, 1.807) is 23.1 Å². The standard InChI is InChI=1S/C35H43N3O6/c1-24-20-38(25(2)23-39)35(41)30-10-7-11-31(36-34(40)27-16-18-42-19-17-27)33(30)44-32(24)22-37(3)21-26-12-14-29(15-13-26)43-28-8-5-4-6-9-28/h4-15,24-25,27,32,39H,16-23H2,1-3H3,(H,36,40)/t24-,25-,32+/m0/s1. The van der Waals surface area contributed by atoms with Crippen LogP contribution in [0.3, 0.4) is 0 Å². The molecule has 2 N–H and O–H groups in total. The highest BCUT2D eigenvalue weighted by Gasteiger charge is 2.35. The van der Waals surface area contributed by atoms with Crippen molar-refractivity contribution in [2.45, 2.75) is 45.4 Å². The van der Waals surface area contributed by atoms with Gasteiger partial charge in [0.1, 0.15) is 17.6 Å². The third-order valence-corrected chi connectivity index (χ3v) is 8.39. The molecule has 2 aliphatic heterocycles. The van der Waals surface area contributed by atoms with Crippen LogP contribution in [0.15, 0.2) is 72.8 Å². The summed E-state index contributed by atoms with van der Waals surface area (Å²) in [5.41, 5.74) is 1.99. The van der Waals surface area contributed by atoms with E-state index in [1.165, 1.54) is 0 Å². The number of rotatable bonds is 10. The van der Waals surface area contributed by atoms with Crippen LogP contribution in [0.5, 0.6) is 17.2 Å². The number of hydrogen-bond acceptors (Lipinski definition) is 7. The minimum absolute atomic E-state index is 0.0514. The van der Waals surface area contributed by atoms with Crippen LogP contribution in [-0.4, -0.2) is 78.8 Å². The Morgan fingerprint density at radius 1 is 1.05 bits per heavy atom. The van der Waals surface area contributed by atoms with Crippen LogP contribution < -0.4 is 14.8 Å². The van der Waals surface area contributed by atoms with Gasteiger partial charge in [-0.1, -0.05) is 43.3 Å².